The van der Waals surface area contributed by atoms with Gasteiger partial charge in [-0.25, -0.2) is 18.7 Å². The maximum absolute atomic E-state index is 13.5. The molecule has 0 aliphatic carbocycles. The summed E-state index contributed by atoms with van der Waals surface area (Å²) in [6, 6.07) is 5.44. The molecule has 0 unspecified atom stereocenters. The molecule has 0 N–H and O–H groups in total. The molecular weight excluding hydrogens is 266 g/mol. The first-order valence-electron chi connectivity index (χ1n) is 4.10. The maximum atomic E-state index is 13.5. The van der Waals surface area contributed by atoms with Crippen molar-refractivity contribution >= 4 is 15.9 Å². The van der Waals surface area contributed by atoms with Crippen LogP contribution in [0.25, 0.3) is 11.3 Å². The molecule has 15 heavy (non-hydrogen) atoms. The highest BCUT2D eigenvalue weighted by atomic mass is 79.9. The van der Waals surface area contributed by atoms with Gasteiger partial charge in [-0.2, -0.15) is 0 Å². The molecule has 2 aromatic rings. The summed E-state index contributed by atoms with van der Waals surface area (Å²) in [4.78, 5) is 7.44. The normalized spacial score (nSPS) is 10.3. The van der Waals surface area contributed by atoms with Gasteiger partial charge < -0.3 is 0 Å². The maximum Gasteiger partial charge on any atom is 0.182 e. The number of rotatable bonds is 1. The van der Waals surface area contributed by atoms with Gasteiger partial charge in [0.15, 0.2) is 5.82 Å². The summed E-state index contributed by atoms with van der Waals surface area (Å²) in [5, 5.41) is 0. The molecular formula is C10H5BrF2N2. The van der Waals surface area contributed by atoms with Crippen molar-refractivity contribution in [2.75, 3.05) is 0 Å². The second kappa shape index (κ2) is 4.02. The average Bonchev–Trinajstić information content (AvgIpc) is 2.24. The van der Waals surface area contributed by atoms with E-state index in [1.54, 1.807) is 0 Å². The zero-order valence-corrected chi connectivity index (χ0v) is 9.00. The molecule has 0 aliphatic rings. The Morgan fingerprint density at radius 3 is 2.33 bits per heavy atom. The molecule has 1 heterocycles. The topological polar surface area (TPSA) is 25.8 Å². The van der Waals surface area contributed by atoms with Gasteiger partial charge in [-0.1, -0.05) is 0 Å². The van der Waals surface area contributed by atoms with Gasteiger partial charge >= 0.3 is 0 Å². The fourth-order valence-electron chi connectivity index (χ4n) is 1.16. The molecule has 1 aromatic carbocycles. The predicted octanol–water partition coefficient (Wildman–Crippen LogP) is 3.18. The third kappa shape index (κ3) is 2.02. The Balaban J connectivity index is 2.54. The van der Waals surface area contributed by atoms with Crippen molar-refractivity contribution in [1.29, 1.82) is 0 Å². The summed E-state index contributed by atoms with van der Waals surface area (Å²) < 4.78 is 26.3. The largest absolute Gasteiger partial charge is 0.233 e. The zero-order chi connectivity index (χ0) is 10.8. The minimum Gasteiger partial charge on any atom is -0.233 e. The van der Waals surface area contributed by atoms with Crippen LogP contribution in [0.5, 0.6) is 0 Å². The number of aromatic nitrogens is 2. The lowest BCUT2D eigenvalue weighted by Crippen LogP contribution is -1.92. The Morgan fingerprint density at radius 1 is 1.00 bits per heavy atom. The van der Waals surface area contributed by atoms with E-state index < -0.39 is 5.82 Å². The molecule has 2 nitrogen and oxygen atoms in total. The Morgan fingerprint density at radius 2 is 1.67 bits per heavy atom. The van der Waals surface area contributed by atoms with E-state index in [-0.39, 0.29) is 16.1 Å². The summed E-state index contributed by atoms with van der Waals surface area (Å²) in [6.07, 6.45) is 1.24. The fourth-order valence-corrected chi connectivity index (χ4v) is 1.44. The van der Waals surface area contributed by atoms with Gasteiger partial charge in [-0.05, 0) is 40.2 Å². The third-order valence-corrected chi connectivity index (χ3v) is 2.42. The molecule has 0 saturated carbocycles. The summed E-state index contributed by atoms with van der Waals surface area (Å²) in [5.74, 6) is -0.920. The highest BCUT2D eigenvalue weighted by molar-refractivity contribution is 9.10. The molecule has 5 heteroatoms. The van der Waals surface area contributed by atoms with E-state index in [0.29, 0.717) is 5.56 Å². The average molecular weight is 271 g/mol. The van der Waals surface area contributed by atoms with Crippen molar-refractivity contribution in [3.63, 3.8) is 0 Å². The van der Waals surface area contributed by atoms with Gasteiger partial charge in [-0.15, -0.1) is 0 Å². The van der Waals surface area contributed by atoms with E-state index in [1.165, 1.54) is 30.6 Å². The van der Waals surface area contributed by atoms with Crippen LogP contribution < -0.4 is 0 Å². The van der Waals surface area contributed by atoms with Crippen LogP contribution in [-0.2, 0) is 0 Å². The van der Waals surface area contributed by atoms with Gasteiger partial charge in [0.05, 0.1) is 0 Å². The van der Waals surface area contributed by atoms with Gasteiger partial charge in [0.2, 0.25) is 0 Å². The summed E-state index contributed by atoms with van der Waals surface area (Å²) in [6.45, 7) is 0. The molecule has 0 radical (unpaired) electrons. The van der Waals surface area contributed by atoms with Crippen molar-refractivity contribution in [3.8, 4) is 11.3 Å². The van der Waals surface area contributed by atoms with Crippen molar-refractivity contribution < 1.29 is 8.78 Å². The first-order chi connectivity index (χ1) is 7.18. The lowest BCUT2D eigenvalue weighted by molar-refractivity contribution is 0.608. The standard InChI is InChI=1S/C10H5BrF2N2/c11-10-8(13)9(14-5-15-10)6-1-3-7(12)4-2-6/h1-5H. The van der Waals surface area contributed by atoms with Crippen molar-refractivity contribution in [2.45, 2.75) is 0 Å². The molecule has 0 saturated heterocycles. The number of halogens is 3. The summed E-state index contributed by atoms with van der Waals surface area (Å²) in [5.41, 5.74) is 0.661. The highest BCUT2D eigenvalue weighted by Gasteiger charge is 2.10. The lowest BCUT2D eigenvalue weighted by Gasteiger charge is -2.02. The second-order valence-electron chi connectivity index (χ2n) is 2.83. The summed E-state index contributed by atoms with van der Waals surface area (Å²) >= 11 is 2.96. The number of hydrogen-bond donors (Lipinski definition) is 0. The van der Waals surface area contributed by atoms with E-state index in [1.807, 2.05) is 0 Å². The van der Waals surface area contributed by atoms with Crippen molar-refractivity contribution in [3.05, 3.63) is 46.8 Å². The third-order valence-electron chi connectivity index (χ3n) is 1.86. The molecule has 0 aliphatic heterocycles. The molecule has 0 amide bonds. The SMILES string of the molecule is Fc1ccc(-c2ncnc(Br)c2F)cc1. The quantitative estimate of drug-likeness (QED) is 0.744. The molecule has 2 rings (SSSR count). The number of hydrogen-bond acceptors (Lipinski definition) is 2. The lowest BCUT2D eigenvalue weighted by atomic mass is 10.1. The monoisotopic (exact) mass is 270 g/mol. The van der Waals surface area contributed by atoms with Crippen LogP contribution in [0.1, 0.15) is 0 Å². The molecule has 0 fully saturated rings. The van der Waals surface area contributed by atoms with Gasteiger partial charge in [0.25, 0.3) is 0 Å². The molecule has 0 bridgehead atoms. The zero-order valence-electron chi connectivity index (χ0n) is 7.42. The number of nitrogens with zero attached hydrogens (tertiary/aromatic N) is 2. The first kappa shape index (κ1) is 10.2. The first-order valence-corrected chi connectivity index (χ1v) is 4.89. The number of benzene rings is 1. The minimum atomic E-state index is -0.552. The van der Waals surface area contributed by atoms with Crippen LogP contribution in [0.15, 0.2) is 35.2 Å². The molecule has 76 valence electrons. The predicted molar refractivity (Wildman–Crippen MR) is 55.1 cm³/mol. The van der Waals surface area contributed by atoms with E-state index in [4.69, 9.17) is 0 Å². The Kier molecular flexibility index (Phi) is 2.73. The highest BCUT2D eigenvalue weighted by Crippen LogP contribution is 2.23. The Bertz CT molecular complexity index is 485. The molecule has 0 spiro atoms. The second-order valence-corrected chi connectivity index (χ2v) is 3.59. The van der Waals surface area contributed by atoms with Crippen LogP contribution >= 0.6 is 15.9 Å². The van der Waals surface area contributed by atoms with Crippen LogP contribution in [0.4, 0.5) is 8.78 Å². The van der Waals surface area contributed by atoms with Gasteiger partial charge in [-0.3, -0.25) is 0 Å². The molecule has 0 atom stereocenters. The fraction of sp³-hybridized carbons (Fsp3) is 0. The summed E-state index contributed by atoms with van der Waals surface area (Å²) in [7, 11) is 0. The van der Waals surface area contributed by atoms with E-state index >= 15 is 0 Å². The Labute approximate surface area is 93.1 Å². The smallest absolute Gasteiger partial charge is 0.182 e. The molecule has 1 aromatic heterocycles. The van der Waals surface area contributed by atoms with Crippen molar-refractivity contribution in [2.24, 2.45) is 0 Å². The van der Waals surface area contributed by atoms with Crippen LogP contribution in [0.2, 0.25) is 0 Å². The minimum absolute atomic E-state index is 0.0943. The van der Waals surface area contributed by atoms with Gasteiger partial charge in [0, 0.05) is 5.56 Å². The van der Waals surface area contributed by atoms with Gasteiger partial charge in [0.1, 0.15) is 22.4 Å². The van der Waals surface area contributed by atoms with E-state index in [9.17, 15) is 8.78 Å². The Hall–Kier alpha value is -1.36. The van der Waals surface area contributed by atoms with Crippen LogP contribution in [0, 0.1) is 11.6 Å². The van der Waals surface area contributed by atoms with Crippen LogP contribution in [0.3, 0.4) is 0 Å². The van der Waals surface area contributed by atoms with Crippen molar-refractivity contribution in [1.82, 2.24) is 9.97 Å². The van der Waals surface area contributed by atoms with E-state index in [2.05, 4.69) is 25.9 Å². The van der Waals surface area contributed by atoms with E-state index in [0.717, 1.165) is 0 Å². The van der Waals surface area contributed by atoms with Crippen LogP contribution in [-0.4, -0.2) is 9.97 Å².